The molecule has 5 aromatic rings. The van der Waals surface area contributed by atoms with Crippen molar-refractivity contribution in [3.8, 4) is 0 Å². The van der Waals surface area contributed by atoms with Crippen LogP contribution in [0.5, 0.6) is 0 Å². The minimum absolute atomic E-state index is 0.122. The normalized spacial score (nSPS) is 12.6. The van der Waals surface area contributed by atoms with Crippen LogP contribution in [0.2, 0.25) is 10.0 Å². The fraction of sp³-hybridized carbons (Fsp3) is 0.133. The van der Waals surface area contributed by atoms with E-state index in [-0.39, 0.29) is 5.92 Å². The van der Waals surface area contributed by atoms with Gasteiger partial charge in [0.05, 0.1) is 11.1 Å². The maximum atomic E-state index is 13.3. The van der Waals surface area contributed by atoms with E-state index in [4.69, 9.17) is 23.2 Å². The Labute approximate surface area is 228 Å². The van der Waals surface area contributed by atoms with Gasteiger partial charge in [-0.3, -0.25) is 0 Å². The van der Waals surface area contributed by atoms with Crippen LogP contribution in [0.4, 0.5) is 19.0 Å². The highest BCUT2D eigenvalue weighted by molar-refractivity contribution is 6.30. The molecule has 0 aliphatic carbocycles. The predicted molar refractivity (Wildman–Crippen MR) is 147 cm³/mol. The van der Waals surface area contributed by atoms with Gasteiger partial charge in [0.25, 0.3) is 0 Å². The number of aromatic nitrogens is 2. The number of alkyl halides is 3. The van der Waals surface area contributed by atoms with Gasteiger partial charge in [0.2, 0.25) is 0 Å². The fourth-order valence-corrected chi connectivity index (χ4v) is 4.78. The van der Waals surface area contributed by atoms with Crippen molar-refractivity contribution in [3.05, 3.63) is 135 Å². The summed E-state index contributed by atoms with van der Waals surface area (Å²) < 4.78 is 39.8. The van der Waals surface area contributed by atoms with Crippen LogP contribution in [0.1, 0.15) is 46.7 Å². The van der Waals surface area contributed by atoms with Gasteiger partial charge in [-0.05, 0) is 77.7 Å². The number of hydrogen-bond acceptors (Lipinski definition) is 3. The monoisotopic (exact) mass is 551 g/mol. The second-order valence-corrected chi connectivity index (χ2v) is 9.90. The van der Waals surface area contributed by atoms with Crippen LogP contribution in [0, 0.1) is 0 Å². The van der Waals surface area contributed by atoms with Gasteiger partial charge in [-0.15, -0.1) is 0 Å². The molecule has 5 rings (SSSR count). The Morgan fingerprint density at radius 3 is 1.92 bits per heavy atom. The van der Waals surface area contributed by atoms with Crippen LogP contribution in [-0.2, 0) is 6.18 Å². The quantitative estimate of drug-likeness (QED) is 0.213. The predicted octanol–water partition coefficient (Wildman–Crippen LogP) is 9.31. The van der Waals surface area contributed by atoms with E-state index in [0.29, 0.717) is 26.9 Å². The molecular formula is C30H22Cl2F3N3. The smallest absolute Gasteiger partial charge is 0.363 e. The lowest BCUT2D eigenvalue weighted by Gasteiger charge is -2.21. The van der Waals surface area contributed by atoms with E-state index in [1.807, 2.05) is 66.7 Å². The Morgan fingerprint density at radius 2 is 1.32 bits per heavy atom. The number of nitrogens with one attached hydrogen (secondary N) is 1. The van der Waals surface area contributed by atoms with Crippen molar-refractivity contribution >= 4 is 39.9 Å². The number of halogens is 5. The van der Waals surface area contributed by atoms with E-state index >= 15 is 0 Å². The molecule has 8 heteroatoms. The van der Waals surface area contributed by atoms with Crippen molar-refractivity contribution in [2.24, 2.45) is 0 Å². The Morgan fingerprint density at radius 1 is 0.711 bits per heavy atom. The minimum Gasteiger partial charge on any atom is -0.363 e. The molecule has 0 aliphatic rings. The van der Waals surface area contributed by atoms with E-state index in [1.54, 1.807) is 13.0 Å². The highest BCUT2D eigenvalue weighted by Gasteiger charge is 2.30. The molecular weight excluding hydrogens is 530 g/mol. The van der Waals surface area contributed by atoms with Crippen molar-refractivity contribution < 1.29 is 13.2 Å². The Hall–Kier alpha value is -3.61. The van der Waals surface area contributed by atoms with Crippen LogP contribution >= 0.6 is 23.2 Å². The van der Waals surface area contributed by atoms with Crippen LogP contribution in [-0.4, -0.2) is 9.97 Å². The minimum atomic E-state index is -4.41. The van der Waals surface area contributed by atoms with Crippen LogP contribution in [0.3, 0.4) is 0 Å². The molecule has 0 saturated heterocycles. The highest BCUT2D eigenvalue weighted by Crippen LogP contribution is 2.36. The van der Waals surface area contributed by atoms with Gasteiger partial charge >= 0.3 is 6.18 Å². The molecule has 4 aromatic carbocycles. The molecule has 38 heavy (non-hydrogen) atoms. The largest absolute Gasteiger partial charge is 0.416 e. The van der Waals surface area contributed by atoms with Gasteiger partial charge < -0.3 is 5.32 Å². The molecule has 0 aliphatic heterocycles. The molecule has 192 valence electrons. The number of hydrogen-bond donors (Lipinski definition) is 1. The first kappa shape index (κ1) is 26.0. The first-order valence-corrected chi connectivity index (χ1v) is 12.6. The lowest BCUT2D eigenvalue weighted by Crippen LogP contribution is -2.11. The molecule has 0 bridgehead atoms. The molecule has 1 atom stereocenters. The lowest BCUT2D eigenvalue weighted by atomic mass is 9.84. The summed E-state index contributed by atoms with van der Waals surface area (Å²) >= 11 is 12.3. The van der Waals surface area contributed by atoms with Gasteiger partial charge in [0.1, 0.15) is 12.1 Å². The zero-order valence-electron chi connectivity index (χ0n) is 20.2. The summed E-state index contributed by atoms with van der Waals surface area (Å²) in [6, 6.07) is 26.2. The Bertz CT molecular complexity index is 1520. The summed E-state index contributed by atoms with van der Waals surface area (Å²) in [4.78, 5) is 8.84. The SMILES string of the molecule is C[C@@H](Nc1ncnc2ccc(C(c3ccc(Cl)cc3)c3ccc(Cl)cc3)cc12)c1cccc(C(F)(F)F)c1. The van der Waals surface area contributed by atoms with E-state index in [1.165, 1.54) is 12.4 Å². The third-order valence-electron chi connectivity index (χ3n) is 6.47. The van der Waals surface area contributed by atoms with Gasteiger partial charge in [-0.2, -0.15) is 13.2 Å². The summed E-state index contributed by atoms with van der Waals surface area (Å²) in [5.41, 5.74) is 3.61. The maximum absolute atomic E-state index is 13.3. The topological polar surface area (TPSA) is 37.8 Å². The number of rotatable bonds is 6. The number of benzene rings is 4. The van der Waals surface area contributed by atoms with Crippen molar-refractivity contribution in [1.82, 2.24) is 9.97 Å². The van der Waals surface area contributed by atoms with E-state index in [9.17, 15) is 13.2 Å². The Kier molecular flexibility index (Phi) is 7.28. The average Bonchev–Trinajstić information content (AvgIpc) is 2.91. The van der Waals surface area contributed by atoms with Gasteiger partial charge in [0.15, 0.2) is 0 Å². The van der Waals surface area contributed by atoms with Crippen molar-refractivity contribution in [1.29, 1.82) is 0 Å². The summed E-state index contributed by atoms with van der Waals surface area (Å²) in [6.45, 7) is 1.80. The summed E-state index contributed by atoms with van der Waals surface area (Å²) in [6.07, 6.45) is -2.97. The van der Waals surface area contributed by atoms with Gasteiger partial charge in [-0.1, -0.05) is 65.7 Å². The van der Waals surface area contributed by atoms with Crippen molar-refractivity contribution in [2.45, 2.75) is 25.1 Å². The zero-order valence-corrected chi connectivity index (χ0v) is 21.7. The standard InChI is InChI=1S/C30H22Cl2F3N3/c1-18(21-3-2-4-23(15-21)30(33,34)35)38-29-26-16-22(9-14-27(26)36-17-37-29)28(19-5-10-24(31)11-6-19)20-7-12-25(32)13-8-20/h2-18,28H,1H3,(H,36,37,38)/t18-/m1/s1. The average molecular weight is 552 g/mol. The molecule has 0 unspecified atom stereocenters. The lowest BCUT2D eigenvalue weighted by molar-refractivity contribution is -0.137. The van der Waals surface area contributed by atoms with Crippen molar-refractivity contribution in [2.75, 3.05) is 5.32 Å². The second-order valence-electron chi connectivity index (χ2n) is 9.02. The molecule has 1 aromatic heterocycles. The number of fused-ring (bicyclic) bond motifs is 1. The first-order valence-electron chi connectivity index (χ1n) is 11.9. The van der Waals surface area contributed by atoms with Gasteiger partial charge in [0, 0.05) is 27.4 Å². The van der Waals surface area contributed by atoms with Crippen LogP contribution < -0.4 is 5.32 Å². The molecule has 0 saturated carbocycles. The third kappa shape index (κ3) is 5.62. The second kappa shape index (κ2) is 10.6. The summed E-state index contributed by atoms with van der Waals surface area (Å²) in [5, 5.41) is 5.34. The maximum Gasteiger partial charge on any atom is 0.416 e. The molecule has 0 amide bonds. The number of nitrogens with zero attached hydrogens (tertiary/aromatic N) is 2. The molecule has 0 spiro atoms. The summed E-state index contributed by atoms with van der Waals surface area (Å²) in [7, 11) is 0. The van der Waals surface area contributed by atoms with E-state index in [2.05, 4.69) is 15.3 Å². The summed E-state index contributed by atoms with van der Waals surface area (Å²) in [5.74, 6) is 0.413. The highest BCUT2D eigenvalue weighted by atomic mass is 35.5. The van der Waals surface area contributed by atoms with E-state index in [0.717, 1.165) is 34.2 Å². The zero-order chi connectivity index (χ0) is 26.9. The van der Waals surface area contributed by atoms with Crippen LogP contribution in [0.25, 0.3) is 10.9 Å². The van der Waals surface area contributed by atoms with Crippen molar-refractivity contribution in [3.63, 3.8) is 0 Å². The third-order valence-corrected chi connectivity index (χ3v) is 6.97. The molecule has 1 heterocycles. The van der Waals surface area contributed by atoms with Gasteiger partial charge in [-0.25, -0.2) is 9.97 Å². The van der Waals surface area contributed by atoms with E-state index < -0.39 is 17.8 Å². The fourth-order valence-electron chi connectivity index (χ4n) is 4.53. The molecule has 0 radical (unpaired) electrons. The first-order chi connectivity index (χ1) is 18.2. The Balaban J connectivity index is 1.56. The number of anilines is 1. The molecule has 1 N–H and O–H groups in total. The molecule has 0 fully saturated rings. The molecule has 3 nitrogen and oxygen atoms in total. The van der Waals surface area contributed by atoms with Crippen LogP contribution in [0.15, 0.2) is 97.3 Å².